The second kappa shape index (κ2) is 39.8. The van der Waals surface area contributed by atoms with E-state index in [-0.39, 0.29) is 32.2 Å². The monoisotopic (exact) mass is 796 g/mol. The van der Waals surface area contributed by atoms with Crippen molar-refractivity contribution in [1.82, 2.24) is 0 Å². The zero-order chi connectivity index (χ0) is 41.4. The van der Waals surface area contributed by atoms with Crippen LogP contribution in [0.25, 0.3) is 0 Å². The summed E-state index contributed by atoms with van der Waals surface area (Å²) in [5.41, 5.74) is 0. The van der Waals surface area contributed by atoms with Gasteiger partial charge in [0.05, 0.1) is 40.3 Å². The van der Waals surface area contributed by atoms with Crippen molar-refractivity contribution in [2.24, 2.45) is 0 Å². The molecule has 0 spiro atoms. The number of quaternary nitrogens is 1. The van der Waals surface area contributed by atoms with Crippen molar-refractivity contribution in [1.29, 1.82) is 0 Å². The Hall–Kier alpha value is -1.97. The van der Waals surface area contributed by atoms with Crippen molar-refractivity contribution in [3.63, 3.8) is 0 Å². The minimum atomic E-state index is -1.62. The van der Waals surface area contributed by atoms with Crippen LogP contribution in [0.4, 0.5) is 0 Å². The predicted molar refractivity (Wildman–Crippen MR) is 228 cm³/mol. The number of rotatable bonds is 43. The highest BCUT2D eigenvalue weighted by atomic mass is 16.7. The lowest BCUT2D eigenvalue weighted by atomic mass is 10.0. The van der Waals surface area contributed by atoms with Gasteiger partial charge in [-0.25, -0.2) is 0 Å². The maximum Gasteiger partial charge on any atom is 0.306 e. The number of aliphatic carboxylic acids is 1. The minimum absolute atomic E-state index is 0.149. The average molecular weight is 796 g/mol. The van der Waals surface area contributed by atoms with E-state index in [1.54, 1.807) is 0 Å². The number of nitrogens with zero attached hydrogens (tertiary/aromatic N) is 1. The molecule has 0 saturated heterocycles. The second-order valence-electron chi connectivity index (χ2n) is 17.1. The lowest BCUT2D eigenvalue weighted by molar-refractivity contribution is -0.870. The molecular formula is C47H89NO8. The Morgan fingerprint density at radius 2 is 0.911 bits per heavy atom. The fraction of sp³-hybridized carbons (Fsp3) is 0.894. The summed E-state index contributed by atoms with van der Waals surface area (Å²) in [6.07, 6.45) is 38.1. The van der Waals surface area contributed by atoms with Crippen LogP contribution in [0.3, 0.4) is 0 Å². The molecule has 0 rings (SSSR count). The molecule has 0 saturated carbocycles. The number of hydrogen-bond donors (Lipinski definition) is 0. The summed E-state index contributed by atoms with van der Waals surface area (Å²) in [7, 11) is 5.91. The summed E-state index contributed by atoms with van der Waals surface area (Å²) < 4.78 is 22.6. The molecule has 0 heterocycles. The predicted octanol–water partition coefficient (Wildman–Crippen LogP) is 10.9. The Bertz CT molecular complexity index is 934. The van der Waals surface area contributed by atoms with Gasteiger partial charge in [0.15, 0.2) is 12.4 Å². The molecule has 0 aliphatic heterocycles. The molecule has 9 nitrogen and oxygen atoms in total. The molecule has 9 heteroatoms. The third-order valence-electron chi connectivity index (χ3n) is 10.3. The van der Waals surface area contributed by atoms with E-state index in [9.17, 15) is 19.5 Å². The van der Waals surface area contributed by atoms with Crippen molar-refractivity contribution < 1.29 is 42.9 Å². The van der Waals surface area contributed by atoms with Crippen molar-refractivity contribution in [2.75, 3.05) is 47.5 Å². The van der Waals surface area contributed by atoms with E-state index in [0.717, 1.165) is 51.4 Å². The first-order valence-corrected chi connectivity index (χ1v) is 23.3. The third kappa shape index (κ3) is 40.2. The third-order valence-corrected chi connectivity index (χ3v) is 10.3. The van der Waals surface area contributed by atoms with Gasteiger partial charge in [0.25, 0.3) is 0 Å². The summed E-state index contributed by atoms with van der Waals surface area (Å²) in [4.78, 5) is 37.0. The first kappa shape index (κ1) is 54.0. The van der Waals surface area contributed by atoms with Crippen LogP contribution in [0.1, 0.15) is 213 Å². The molecule has 0 aromatic rings. The highest BCUT2D eigenvalue weighted by molar-refractivity contribution is 5.70. The first-order chi connectivity index (χ1) is 27.1. The lowest BCUT2D eigenvalue weighted by Gasteiger charge is -2.26. The normalized spacial score (nSPS) is 12.9. The average Bonchev–Trinajstić information content (AvgIpc) is 3.15. The summed E-state index contributed by atoms with van der Waals surface area (Å²) in [5, 5.41) is 11.7. The summed E-state index contributed by atoms with van der Waals surface area (Å²) in [6, 6.07) is 0. The molecule has 56 heavy (non-hydrogen) atoms. The van der Waals surface area contributed by atoms with Gasteiger partial charge in [-0.15, -0.1) is 0 Å². The van der Waals surface area contributed by atoms with Gasteiger partial charge in [0.2, 0.25) is 0 Å². The number of allylic oxidation sites excluding steroid dienone is 2. The van der Waals surface area contributed by atoms with E-state index >= 15 is 0 Å². The smallest absolute Gasteiger partial charge is 0.306 e. The maximum atomic E-state index is 12.7. The number of esters is 2. The van der Waals surface area contributed by atoms with Crippen LogP contribution in [0.15, 0.2) is 12.2 Å². The molecule has 0 amide bonds. The number of carbonyl (C=O) groups is 3. The molecule has 330 valence electrons. The summed E-state index contributed by atoms with van der Waals surface area (Å²) in [5.74, 6) is -2.28. The Morgan fingerprint density at radius 1 is 0.518 bits per heavy atom. The van der Waals surface area contributed by atoms with Gasteiger partial charge in [-0.2, -0.15) is 0 Å². The van der Waals surface area contributed by atoms with Crippen molar-refractivity contribution >= 4 is 17.9 Å². The Balaban J connectivity index is 4.36. The van der Waals surface area contributed by atoms with Gasteiger partial charge in [-0.05, 0) is 38.5 Å². The summed E-state index contributed by atoms with van der Waals surface area (Å²) in [6.45, 7) is 4.74. The molecule has 0 fully saturated rings. The van der Waals surface area contributed by atoms with Crippen molar-refractivity contribution in [2.45, 2.75) is 225 Å². The fourth-order valence-corrected chi connectivity index (χ4v) is 6.59. The number of carbonyl (C=O) groups excluding carboxylic acids is 3. The molecule has 0 radical (unpaired) electrons. The van der Waals surface area contributed by atoms with Crippen molar-refractivity contribution in [3.05, 3.63) is 12.2 Å². The highest BCUT2D eigenvalue weighted by Crippen LogP contribution is 2.16. The van der Waals surface area contributed by atoms with Gasteiger partial charge < -0.3 is 33.3 Å². The molecule has 0 aromatic carbocycles. The van der Waals surface area contributed by atoms with E-state index in [1.807, 2.05) is 21.1 Å². The lowest BCUT2D eigenvalue weighted by Crippen LogP contribution is -2.44. The van der Waals surface area contributed by atoms with E-state index in [2.05, 4.69) is 26.0 Å². The fourth-order valence-electron chi connectivity index (χ4n) is 6.59. The standard InChI is InChI=1S/C47H89NO8/c1-6-8-10-12-14-16-18-20-21-22-23-24-26-27-29-31-33-35-37-44(49)54-41-43(42-55-47(46(51)52)53-40-39-48(3,4)5)56-45(50)38-36-34-32-30-28-25-19-17-15-13-11-9-7-2/h17,19,43,47H,6-16,18,20-42H2,1-5H3/b19-17-. The van der Waals surface area contributed by atoms with E-state index in [4.69, 9.17) is 18.9 Å². The molecule has 0 aromatic heterocycles. The van der Waals surface area contributed by atoms with Crippen LogP contribution in [0.5, 0.6) is 0 Å². The minimum Gasteiger partial charge on any atom is -0.545 e. The number of carboxylic acid groups (broad SMARTS) is 1. The number of likely N-dealkylation sites (N-methyl/N-ethyl adjacent to an activating group) is 1. The van der Waals surface area contributed by atoms with Crippen LogP contribution in [-0.2, 0) is 33.3 Å². The van der Waals surface area contributed by atoms with E-state index in [1.165, 1.54) is 128 Å². The van der Waals surface area contributed by atoms with Crippen LogP contribution in [0, 0.1) is 0 Å². The Kier molecular flexibility index (Phi) is 38.4. The van der Waals surface area contributed by atoms with Crippen LogP contribution < -0.4 is 5.11 Å². The molecular weight excluding hydrogens is 707 g/mol. The second-order valence-corrected chi connectivity index (χ2v) is 17.1. The quantitative estimate of drug-likeness (QED) is 0.0197. The van der Waals surface area contributed by atoms with E-state index in [0.29, 0.717) is 23.9 Å². The van der Waals surface area contributed by atoms with Gasteiger partial charge in [-0.3, -0.25) is 9.59 Å². The number of carboxylic acids is 1. The Labute approximate surface area is 345 Å². The topological polar surface area (TPSA) is 111 Å². The van der Waals surface area contributed by atoms with Gasteiger partial charge in [0, 0.05) is 12.8 Å². The number of hydrogen-bond acceptors (Lipinski definition) is 8. The molecule has 2 atom stereocenters. The molecule has 0 aliphatic carbocycles. The summed E-state index contributed by atoms with van der Waals surface area (Å²) >= 11 is 0. The van der Waals surface area contributed by atoms with Gasteiger partial charge in [0.1, 0.15) is 13.2 Å². The Morgan fingerprint density at radius 3 is 1.34 bits per heavy atom. The maximum absolute atomic E-state index is 12.7. The SMILES string of the molecule is CCCCCC/C=C\CCCCCCCC(=O)OC(COC(=O)CCCCCCCCCCCCCCCCCCCC)COC(OCC[N+](C)(C)C)C(=O)[O-]. The highest BCUT2D eigenvalue weighted by Gasteiger charge is 2.21. The van der Waals surface area contributed by atoms with Crippen LogP contribution in [0.2, 0.25) is 0 Å². The number of unbranched alkanes of at least 4 members (excludes halogenated alkanes) is 26. The zero-order valence-electron chi connectivity index (χ0n) is 37.3. The largest absolute Gasteiger partial charge is 0.545 e. The van der Waals surface area contributed by atoms with Crippen LogP contribution >= 0.6 is 0 Å². The van der Waals surface area contributed by atoms with Crippen molar-refractivity contribution in [3.8, 4) is 0 Å². The molecule has 0 aliphatic rings. The number of ether oxygens (including phenoxy) is 4. The molecule has 0 N–H and O–H groups in total. The molecule has 0 bridgehead atoms. The zero-order valence-corrected chi connectivity index (χ0v) is 37.3. The van der Waals surface area contributed by atoms with Gasteiger partial charge >= 0.3 is 11.9 Å². The van der Waals surface area contributed by atoms with Crippen LogP contribution in [-0.4, -0.2) is 82.3 Å². The van der Waals surface area contributed by atoms with Gasteiger partial charge in [-0.1, -0.05) is 174 Å². The molecule has 2 unspecified atom stereocenters. The first-order valence-electron chi connectivity index (χ1n) is 23.3. The van der Waals surface area contributed by atoms with E-state index < -0.39 is 24.3 Å².